The van der Waals surface area contributed by atoms with Gasteiger partial charge in [-0.2, -0.15) is 0 Å². The maximum Gasteiger partial charge on any atom is 0.0396 e. The summed E-state index contributed by atoms with van der Waals surface area (Å²) >= 11 is 0. The Hall–Kier alpha value is -0.440. The van der Waals surface area contributed by atoms with Crippen LogP contribution >= 0.6 is 24.8 Å². The monoisotopic (exact) mass is 276 g/mol. The Morgan fingerprint density at radius 1 is 1.06 bits per heavy atom. The number of nitrogens with zero attached hydrogens (tertiary/aromatic N) is 1. The van der Waals surface area contributed by atoms with E-state index in [2.05, 4.69) is 48.6 Å². The summed E-state index contributed by atoms with van der Waals surface area (Å²) in [4.78, 5) is 2.22. The number of para-hydroxylation sites is 1. The van der Waals surface area contributed by atoms with E-state index >= 15 is 0 Å². The number of nitrogens with one attached hydrogen (secondary N) is 1. The highest BCUT2D eigenvalue weighted by atomic mass is 35.5. The molecule has 1 aromatic carbocycles. The Morgan fingerprint density at radius 2 is 1.65 bits per heavy atom. The number of hydrogen-bond acceptors (Lipinski definition) is 2. The van der Waals surface area contributed by atoms with Gasteiger partial charge in [-0.3, -0.25) is 0 Å². The number of piperidine rings is 1. The molecule has 1 heterocycles. The fraction of sp³-hybridized carbons (Fsp3) is 0.538. The molecule has 1 saturated heterocycles. The van der Waals surface area contributed by atoms with Gasteiger partial charge in [-0.1, -0.05) is 18.2 Å². The summed E-state index contributed by atoms with van der Waals surface area (Å²) in [7, 11) is 4.25. The molecule has 0 radical (unpaired) electrons. The molecule has 1 aliphatic heterocycles. The quantitative estimate of drug-likeness (QED) is 0.893. The summed E-state index contributed by atoms with van der Waals surface area (Å²) in [5.74, 6) is 0.741. The highest BCUT2D eigenvalue weighted by Gasteiger charge is 2.18. The fourth-order valence-corrected chi connectivity index (χ4v) is 2.37. The van der Waals surface area contributed by atoms with Crippen molar-refractivity contribution in [2.75, 3.05) is 32.1 Å². The van der Waals surface area contributed by atoms with Gasteiger partial charge < -0.3 is 10.2 Å². The molecule has 1 aromatic rings. The van der Waals surface area contributed by atoms with E-state index in [1.165, 1.54) is 24.1 Å². The summed E-state index contributed by atoms with van der Waals surface area (Å²) in [6.07, 6.45) is 2.54. The standard InChI is InChI=1S/C13H20N2.2ClH/c1-15(2)13-6-4-3-5-12(13)11-7-9-14-10-8-11;;/h3-6,11,14H,7-10H2,1-2H3;2*1H. The minimum atomic E-state index is 0. The second-order valence-electron chi connectivity index (χ2n) is 4.48. The Morgan fingerprint density at radius 3 is 2.24 bits per heavy atom. The molecule has 0 aliphatic carbocycles. The summed E-state index contributed by atoms with van der Waals surface area (Å²) in [5.41, 5.74) is 2.90. The number of rotatable bonds is 2. The zero-order valence-electron chi connectivity index (χ0n) is 10.5. The van der Waals surface area contributed by atoms with Crippen molar-refractivity contribution in [3.8, 4) is 0 Å². The number of hydrogen-bond donors (Lipinski definition) is 1. The number of anilines is 1. The number of benzene rings is 1. The molecule has 0 bridgehead atoms. The lowest BCUT2D eigenvalue weighted by Crippen LogP contribution is -2.27. The van der Waals surface area contributed by atoms with E-state index in [1.54, 1.807) is 0 Å². The summed E-state index contributed by atoms with van der Waals surface area (Å²) in [6.45, 7) is 2.32. The molecule has 1 fully saturated rings. The molecule has 2 rings (SSSR count). The van der Waals surface area contributed by atoms with Crippen molar-refractivity contribution < 1.29 is 0 Å². The maximum absolute atomic E-state index is 3.42. The van der Waals surface area contributed by atoms with E-state index < -0.39 is 0 Å². The second kappa shape index (κ2) is 7.80. The molecule has 0 spiro atoms. The smallest absolute Gasteiger partial charge is 0.0396 e. The second-order valence-corrected chi connectivity index (χ2v) is 4.48. The maximum atomic E-state index is 3.42. The molecule has 2 nitrogen and oxygen atoms in total. The van der Waals surface area contributed by atoms with E-state index in [0.29, 0.717) is 0 Å². The van der Waals surface area contributed by atoms with Crippen molar-refractivity contribution in [3.05, 3.63) is 29.8 Å². The van der Waals surface area contributed by atoms with Crippen LogP contribution in [0, 0.1) is 0 Å². The van der Waals surface area contributed by atoms with Crippen LogP contribution in [-0.4, -0.2) is 27.2 Å². The predicted octanol–water partition coefficient (Wildman–Crippen LogP) is 3.06. The van der Waals surface area contributed by atoms with Crippen LogP contribution in [0.2, 0.25) is 0 Å². The minimum absolute atomic E-state index is 0. The van der Waals surface area contributed by atoms with Gasteiger partial charge in [0.15, 0.2) is 0 Å². The average molecular weight is 277 g/mol. The fourth-order valence-electron chi connectivity index (χ4n) is 2.37. The van der Waals surface area contributed by atoms with Gasteiger partial charge in [0.2, 0.25) is 0 Å². The van der Waals surface area contributed by atoms with E-state index in [0.717, 1.165) is 19.0 Å². The lowest BCUT2D eigenvalue weighted by Gasteiger charge is -2.27. The largest absolute Gasteiger partial charge is 0.377 e. The average Bonchev–Trinajstić information content (AvgIpc) is 2.30. The zero-order valence-corrected chi connectivity index (χ0v) is 12.1. The van der Waals surface area contributed by atoms with Gasteiger partial charge in [0.1, 0.15) is 0 Å². The Kier molecular flexibility index (Phi) is 7.60. The number of halogens is 2. The van der Waals surface area contributed by atoms with Gasteiger partial charge in [0, 0.05) is 19.8 Å². The molecule has 1 N–H and O–H groups in total. The lowest BCUT2D eigenvalue weighted by molar-refractivity contribution is 0.460. The molecular weight excluding hydrogens is 255 g/mol. The van der Waals surface area contributed by atoms with Crippen molar-refractivity contribution in [1.82, 2.24) is 5.32 Å². The third kappa shape index (κ3) is 4.06. The molecule has 98 valence electrons. The summed E-state index contributed by atoms with van der Waals surface area (Å²) in [5, 5.41) is 3.42. The molecule has 17 heavy (non-hydrogen) atoms. The third-order valence-electron chi connectivity index (χ3n) is 3.20. The molecule has 1 aliphatic rings. The topological polar surface area (TPSA) is 15.3 Å². The van der Waals surface area contributed by atoms with Crippen LogP contribution < -0.4 is 10.2 Å². The SMILES string of the molecule is CN(C)c1ccccc1C1CCNCC1.Cl.Cl. The van der Waals surface area contributed by atoms with Crippen LogP contribution in [-0.2, 0) is 0 Å². The van der Waals surface area contributed by atoms with E-state index in [4.69, 9.17) is 0 Å². The summed E-state index contributed by atoms with van der Waals surface area (Å²) in [6, 6.07) is 8.78. The first kappa shape index (κ1) is 16.6. The van der Waals surface area contributed by atoms with Gasteiger partial charge in [-0.25, -0.2) is 0 Å². The molecule has 0 aromatic heterocycles. The van der Waals surface area contributed by atoms with Crippen LogP contribution in [0.3, 0.4) is 0 Å². The molecule has 4 heteroatoms. The highest BCUT2D eigenvalue weighted by Crippen LogP contribution is 2.31. The minimum Gasteiger partial charge on any atom is -0.377 e. The first-order chi connectivity index (χ1) is 7.29. The van der Waals surface area contributed by atoms with Crippen LogP contribution in [0.15, 0.2) is 24.3 Å². The first-order valence-electron chi connectivity index (χ1n) is 5.76. The Balaban J connectivity index is 0.00000128. The van der Waals surface area contributed by atoms with Crippen molar-refractivity contribution in [3.63, 3.8) is 0 Å². The summed E-state index contributed by atoms with van der Waals surface area (Å²) < 4.78 is 0. The van der Waals surface area contributed by atoms with Crippen LogP contribution in [0.5, 0.6) is 0 Å². The van der Waals surface area contributed by atoms with Gasteiger partial charge in [-0.15, -0.1) is 24.8 Å². The van der Waals surface area contributed by atoms with Crippen molar-refractivity contribution in [2.24, 2.45) is 0 Å². The van der Waals surface area contributed by atoms with E-state index in [1.807, 2.05) is 0 Å². The normalized spacial score (nSPS) is 15.6. The van der Waals surface area contributed by atoms with Crippen molar-refractivity contribution in [2.45, 2.75) is 18.8 Å². The van der Waals surface area contributed by atoms with Crippen molar-refractivity contribution >= 4 is 30.5 Å². The lowest BCUT2D eigenvalue weighted by atomic mass is 9.89. The van der Waals surface area contributed by atoms with E-state index in [-0.39, 0.29) is 24.8 Å². The van der Waals surface area contributed by atoms with Crippen LogP contribution in [0.4, 0.5) is 5.69 Å². The van der Waals surface area contributed by atoms with Crippen LogP contribution in [0.1, 0.15) is 24.3 Å². The zero-order chi connectivity index (χ0) is 10.7. The molecule has 0 amide bonds. The Bertz CT molecular complexity index is 323. The van der Waals surface area contributed by atoms with Gasteiger partial charge in [0.25, 0.3) is 0 Å². The van der Waals surface area contributed by atoms with E-state index in [9.17, 15) is 0 Å². The molecule has 0 saturated carbocycles. The van der Waals surface area contributed by atoms with Gasteiger partial charge in [0.05, 0.1) is 0 Å². The van der Waals surface area contributed by atoms with Gasteiger partial charge in [-0.05, 0) is 43.5 Å². The van der Waals surface area contributed by atoms with Crippen molar-refractivity contribution in [1.29, 1.82) is 0 Å². The predicted molar refractivity (Wildman–Crippen MR) is 80.1 cm³/mol. The van der Waals surface area contributed by atoms with Crippen LogP contribution in [0.25, 0.3) is 0 Å². The van der Waals surface area contributed by atoms with Gasteiger partial charge >= 0.3 is 0 Å². The third-order valence-corrected chi connectivity index (χ3v) is 3.20. The first-order valence-corrected chi connectivity index (χ1v) is 5.76. The highest BCUT2D eigenvalue weighted by molar-refractivity contribution is 5.85. The Labute approximate surface area is 117 Å². The molecular formula is C13H22Cl2N2. The molecule has 0 atom stereocenters. The molecule has 0 unspecified atom stereocenters.